The summed E-state index contributed by atoms with van der Waals surface area (Å²) in [5.41, 5.74) is 3.92. The van der Waals surface area contributed by atoms with E-state index in [9.17, 15) is 4.79 Å². The first-order valence-electron chi connectivity index (χ1n) is 7.85. The second kappa shape index (κ2) is 7.09. The van der Waals surface area contributed by atoms with Crippen molar-refractivity contribution >= 4 is 17.5 Å². The van der Waals surface area contributed by atoms with Gasteiger partial charge < -0.3 is 4.90 Å². The molecule has 1 saturated heterocycles. The number of hydrazine groups is 1. The van der Waals surface area contributed by atoms with Gasteiger partial charge >= 0.3 is 0 Å². The van der Waals surface area contributed by atoms with Gasteiger partial charge in [-0.3, -0.25) is 15.2 Å². The van der Waals surface area contributed by atoms with Crippen LogP contribution in [-0.2, 0) is 4.79 Å². The minimum Gasteiger partial charge on any atom is -0.340 e. The molecule has 1 aliphatic rings. The van der Waals surface area contributed by atoms with E-state index in [4.69, 9.17) is 0 Å². The van der Waals surface area contributed by atoms with E-state index in [-0.39, 0.29) is 11.8 Å². The average Bonchev–Trinajstić information content (AvgIpc) is 2.63. The highest BCUT2D eigenvalue weighted by Crippen LogP contribution is 2.20. The van der Waals surface area contributed by atoms with Crippen molar-refractivity contribution in [3.63, 3.8) is 0 Å². The third-order valence-corrected chi connectivity index (χ3v) is 4.05. The Morgan fingerprint density at radius 3 is 2.70 bits per heavy atom. The monoisotopic (exact) mass is 311 g/mol. The van der Waals surface area contributed by atoms with E-state index >= 15 is 0 Å². The van der Waals surface area contributed by atoms with Crippen LogP contribution in [0.15, 0.2) is 48.8 Å². The highest BCUT2D eigenvalue weighted by Gasteiger charge is 2.27. The minimum absolute atomic E-state index is 0.0389. The molecule has 6 heteroatoms. The second-order valence-electron chi connectivity index (χ2n) is 5.70. The summed E-state index contributed by atoms with van der Waals surface area (Å²) >= 11 is 0. The van der Waals surface area contributed by atoms with Crippen LogP contribution in [0.5, 0.6) is 0 Å². The molecule has 1 fully saturated rings. The lowest BCUT2D eigenvalue weighted by atomic mass is 9.97. The standard InChI is InChI=1S/C17H21N5O/c1-21(15-8-3-2-4-9-15)20-16(23)14-7-5-12-22(13-14)17-18-10-6-11-19-17/h2-4,6,8-11,14H,5,7,12-13H2,1H3,(H,20,23)/t14-/m0/s1. The van der Waals surface area contributed by atoms with Crippen LogP contribution in [0.1, 0.15) is 12.8 Å². The molecule has 0 bridgehead atoms. The van der Waals surface area contributed by atoms with Gasteiger partial charge in [0.05, 0.1) is 11.6 Å². The molecule has 1 aromatic heterocycles. The molecule has 0 radical (unpaired) electrons. The van der Waals surface area contributed by atoms with Crippen molar-refractivity contribution in [3.8, 4) is 0 Å². The molecule has 0 aliphatic carbocycles. The maximum atomic E-state index is 12.5. The number of amides is 1. The van der Waals surface area contributed by atoms with Crippen molar-refractivity contribution in [2.24, 2.45) is 5.92 Å². The molecule has 6 nitrogen and oxygen atoms in total. The molecule has 1 aromatic carbocycles. The van der Waals surface area contributed by atoms with Gasteiger partial charge in [0.2, 0.25) is 11.9 Å². The molecular weight excluding hydrogens is 290 g/mol. The van der Waals surface area contributed by atoms with Gasteiger partial charge in [0.1, 0.15) is 0 Å². The molecule has 1 amide bonds. The summed E-state index contributed by atoms with van der Waals surface area (Å²) in [7, 11) is 1.86. The summed E-state index contributed by atoms with van der Waals surface area (Å²) in [6, 6.07) is 11.6. The highest BCUT2D eigenvalue weighted by molar-refractivity contribution is 5.81. The maximum Gasteiger partial charge on any atom is 0.243 e. The Hall–Kier alpha value is -2.63. The van der Waals surface area contributed by atoms with Crippen LogP contribution in [-0.4, -0.2) is 36.0 Å². The molecule has 1 atom stereocenters. The van der Waals surface area contributed by atoms with E-state index in [2.05, 4.69) is 20.3 Å². The van der Waals surface area contributed by atoms with E-state index in [1.807, 2.05) is 37.4 Å². The summed E-state index contributed by atoms with van der Waals surface area (Å²) < 4.78 is 0. The molecule has 2 aromatic rings. The summed E-state index contributed by atoms with van der Waals surface area (Å²) in [6.45, 7) is 1.54. The van der Waals surface area contributed by atoms with Gasteiger partial charge in [0.15, 0.2) is 0 Å². The first-order chi connectivity index (χ1) is 11.2. The maximum absolute atomic E-state index is 12.5. The van der Waals surface area contributed by atoms with Crippen molar-refractivity contribution in [3.05, 3.63) is 48.8 Å². The van der Waals surface area contributed by atoms with Crippen molar-refractivity contribution < 1.29 is 4.79 Å². The van der Waals surface area contributed by atoms with Crippen LogP contribution in [0.3, 0.4) is 0 Å². The third-order valence-electron chi connectivity index (χ3n) is 4.05. The molecule has 2 heterocycles. The van der Waals surface area contributed by atoms with Gasteiger partial charge in [-0.1, -0.05) is 18.2 Å². The Labute approximate surface area is 136 Å². The predicted octanol–water partition coefficient (Wildman–Crippen LogP) is 1.86. The SMILES string of the molecule is CN(NC(=O)[C@H]1CCCN(c2ncccn2)C1)c1ccccc1. The number of benzene rings is 1. The predicted molar refractivity (Wildman–Crippen MR) is 90.0 cm³/mol. The fraction of sp³-hybridized carbons (Fsp3) is 0.353. The highest BCUT2D eigenvalue weighted by atomic mass is 16.2. The van der Waals surface area contributed by atoms with Crippen molar-refractivity contribution in [2.45, 2.75) is 12.8 Å². The fourth-order valence-electron chi connectivity index (χ4n) is 2.80. The van der Waals surface area contributed by atoms with E-state index in [0.29, 0.717) is 12.5 Å². The zero-order chi connectivity index (χ0) is 16.1. The van der Waals surface area contributed by atoms with Crippen molar-refractivity contribution in [1.29, 1.82) is 0 Å². The van der Waals surface area contributed by atoms with Crippen LogP contribution >= 0.6 is 0 Å². The van der Waals surface area contributed by atoms with E-state index in [1.165, 1.54) is 0 Å². The molecule has 0 spiro atoms. The lowest BCUT2D eigenvalue weighted by Gasteiger charge is -2.33. The fourth-order valence-corrected chi connectivity index (χ4v) is 2.80. The first-order valence-corrected chi connectivity index (χ1v) is 7.85. The normalized spacial score (nSPS) is 17.6. The Balaban J connectivity index is 1.61. The molecule has 23 heavy (non-hydrogen) atoms. The number of aromatic nitrogens is 2. The topological polar surface area (TPSA) is 61.4 Å². The number of para-hydroxylation sites is 1. The lowest BCUT2D eigenvalue weighted by molar-refractivity contribution is -0.125. The molecule has 1 N–H and O–H groups in total. The average molecular weight is 311 g/mol. The molecule has 0 unspecified atom stereocenters. The number of hydrogen-bond donors (Lipinski definition) is 1. The quantitative estimate of drug-likeness (QED) is 0.873. The van der Waals surface area contributed by atoms with Gasteiger partial charge in [-0.25, -0.2) is 9.97 Å². The van der Waals surface area contributed by atoms with Crippen LogP contribution in [0, 0.1) is 5.92 Å². The van der Waals surface area contributed by atoms with Crippen LogP contribution in [0.25, 0.3) is 0 Å². The number of hydrogen-bond acceptors (Lipinski definition) is 5. The number of anilines is 2. The first kappa shape index (κ1) is 15.3. The molecule has 3 rings (SSSR count). The Morgan fingerprint density at radius 1 is 1.22 bits per heavy atom. The Morgan fingerprint density at radius 2 is 1.96 bits per heavy atom. The summed E-state index contributed by atoms with van der Waals surface area (Å²) in [4.78, 5) is 23.2. The number of piperidine rings is 1. The van der Waals surface area contributed by atoms with Crippen molar-refractivity contribution in [1.82, 2.24) is 15.4 Å². The zero-order valence-electron chi connectivity index (χ0n) is 13.2. The van der Waals surface area contributed by atoms with Gasteiger partial charge in [0, 0.05) is 32.5 Å². The largest absolute Gasteiger partial charge is 0.340 e. The van der Waals surface area contributed by atoms with Gasteiger partial charge in [-0.15, -0.1) is 0 Å². The lowest BCUT2D eigenvalue weighted by Crippen LogP contribution is -2.48. The van der Waals surface area contributed by atoms with Crippen LogP contribution in [0.2, 0.25) is 0 Å². The molecule has 120 valence electrons. The van der Waals surface area contributed by atoms with Crippen LogP contribution < -0.4 is 15.3 Å². The van der Waals surface area contributed by atoms with E-state index < -0.39 is 0 Å². The Kier molecular flexibility index (Phi) is 4.71. The van der Waals surface area contributed by atoms with Gasteiger partial charge in [-0.2, -0.15) is 0 Å². The number of carbonyl (C=O) groups is 1. The van der Waals surface area contributed by atoms with E-state index in [1.54, 1.807) is 23.5 Å². The number of rotatable bonds is 4. The molecule has 0 saturated carbocycles. The molecular formula is C17H21N5O. The van der Waals surface area contributed by atoms with Crippen molar-refractivity contribution in [2.75, 3.05) is 30.0 Å². The zero-order valence-corrected chi connectivity index (χ0v) is 13.2. The summed E-state index contributed by atoms with van der Waals surface area (Å²) in [5, 5.41) is 1.76. The number of nitrogens with zero attached hydrogens (tertiary/aromatic N) is 4. The van der Waals surface area contributed by atoms with Crippen LogP contribution in [0.4, 0.5) is 11.6 Å². The second-order valence-corrected chi connectivity index (χ2v) is 5.70. The Bertz CT molecular complexity index is 634. The van der Waals surface area contributed by atoms with E-state index in [0.717, 1.165) is 25.1 Å². The minimum atomic E-state index is -0.0567. The summed E-state index contributed by atoms with van der Waals surface area (Å²) in [6.07, 6.45) is 5.31. The third kappa shape index (κ3) is 3.77. The number of nitrogens with one attached hydrogen (secondary N) is 1. The number of carbonyl (C=O) groups excluding carboxylic acids is 1. The molecule has 1 aliphatic heterocycles. The summed E-state index contributed by atoms with van der Waals surface area (Å²) in [5.74, 6) is 0.678. The van der Waals surface area contributed by atoms with Gasteiger partial charge in [-0.05, 0) is 31.0 Å². The van der Waals surface area contributed by atoms with Gasteiger partial charge in [0.25, 0.3) is 0 Å². The smallest absolute Gasteiger partial charge is 0.243 e.